The normalized spacial score (nSPS) is 23.8. The van der Waals surface area contributed by atoms with Crippen LogP contribution in [-0.4, -0.2) is 49.2 Å². The molecule has 3 unspecified atom stereocenters. The average Bonchev–Trinajstić information content (AvgIpc) is 3.65. The lowest BCUT2D eigenvalue weighted by Crippen LogP contribution is -2.38. The van der Waals surface area contributed by atoms with Gasteiger partial charge in [-0.1, -0.05) is 37.6 Å². The Morgan fingerprint density at radius 3 is 2.94 bits per heavy atom. The van der Waals surface area contributed by atoms with Crippen LogP contribution in [0.2, 0.25) is 0 Å². The summed E-state index contributed by atoms with van der Waals surface area (Å²) < 4.78 is 9.67. The van der Waals surface area contributed by atoms with Crippen LogP contribution in [0.4, 0.5) is 0 Å². The highest BCUT2D eigenvalue weighted by molar-refractivity contribution is 5.65. The lowest BCUT2D eigenvalue weighted by atomic mass is 9.76. The smallest absolute Gasteiger partial charge is 0.328 e. The number of aliphatic imine (C=N–C) groups is 1. The highest BCUT2D eigenvalue weighted by Gasteiger charge is 2.35. The highest BCUT2D eigenvalue weighted by atomic mass is 16.5. The molecule has 1 aliphatic carbocycles. The number of allylic oxidation sites excluding steroid dienone is 1. The van der Waals surface area contributed by atoms with Crippen molar-refractivity contribution in [2.24, 2.45) is 4.99 Å². The van der Waals surface area contributed by atoms with Gasteiger partial charge in [-0.05, 0) is 60.6 Å². The zero-order chi connectivity index (χ0) is 24.3. The summed E-state index contributed by atoms with van der Waals surface area (Å²) in [6.45, 7) is 2.73. The molecule has 1 aromatic carbocycles. The lowest BCUT2D eigenvalue weighted by molar-refractivity contribution is 0.0736. The van der Waals surface area contributed by atoms with E-state index in [1.165, 1.54) is 0 Å². The largest absolute Gasteiger partial charge is 0.379 e. The standard InChI is InChI=1S/C26H33N7O2/c1-3-4-9-21-17-32(22-10-6-11-23(22)35-2)25(34)33(21)18-26(12-14-27-15-13-26)20-8-5-7-19(16-20)24-28-30-31-29-24/h5,7-8,12,14-17,22-23H,3-4,6,9-11,13,18H2,1-2H3,(H,28,29,30,31). The van der Waals surface area contributed by atoms with Gasteiger partial charge in [0.25, 0.3) is 0 Å². The van der Waals surface area contributed by atoms with Crippen molar-refractivity contribution in [3.8, 4) is 11.4 Å². The number of nitrogens with one attached hydrogen (secondary N) is 1. The van der Waals surface area contributed by atoms with Gasteiger partial charge in [0, 0.05) is 48.9 Å². The molecule has 2 aromatic heterocycles. The summed E-state index contributed by atoms with van der Waals surface area (Å²) >= 11 is 0. The molecule has 3 aromatic rings. The average molecular weight is 476 g/mol. The molecule has 0 amide bonds. The van der Waals surface area contributed by atoms with Crippen molar-refractivity contribution in [3.63, 3.8) is 0 Å². The number of unbranched alkanes of at least 4 members (excludes halogenated alkanes) is 1. The number of hydrogen-bond donors (Lipinski definition) is 1. The second-order valence-electron chi connectivity index (χ2n) is 9.61. The van der Waals surface area contributed by atoms with Crippen LogP contribution in [0.15, 0.2) is 52.5 Å². The van der Waals surface area contributed by atoms with E-state index in [1.807, 2.05) is 33.7 Å². The molecule has 1 aliphatic heterocycles. The molecule has 5 rings (SSSR count). The van der Waals surface area contributed by atoms with Crippen LogP contribution >= 0.6 is 0 Å². The van der Waals surface area contributed by atoms with Crippen LogP contribution in [0.25, 0.3) is 11.4 Å². The van der Waals surface area contributed by atoms with Crippen LogP contribution in [0.1, 0.15) is 62.7 Å². The Bertz CT molecular complexity index is 1260. The van der Waals surface area contributed by atoms with Gasteiger partial charge in [0.2, 0.25) is 0 Å². The lowest BCUT2D eigenvalue weighted by Gasteiger charge is -2.32. The quantitative estimate of drug-likeness (QED) is 0.507. The van der Waals surface area contributed by atoms with Crippen LogP contribution in [-0.2, 0) is 23.1 Å². The maximum Gasteiger partial charge on any atom is 0.328 e. The summed E-state index contributed by atoms with van der Waals surface area (Å²) in [5.74, 6) is 0.620. The third-order valence-corrected chi connectivity index (χ3v) is 7.49. The number of aromatic amines is 1. The summed E-state index contributed by atoms with van der Waals surface area (Å²) in [5.41, 5.74) is 2.75. The van der Waals surface area contributed by atoms with Crippen molar-refractivity contribution in [2.75, 3.05) is 7.11 Å². The molecule has 0 saturated heterocycles. The number of rotatable bonds is 9. The van der Waals surface area contributed by atoms with E-state index in [2.05, 4.69) is 56.9 Å². The van der Waals surface area contributed by atoms with Crippen molar-refractivity contribution in [1.29, 1.82) is 0 Å². The number of hydrogen-bond acceptors (Lipinski definition) is 6. The molecule has 184 valence electrons. The van der Waals surface area contributed by atoms with Crippen LogP contribution in [0.5, 0.6) is 0 Å². The second-order valence-corrected chi connectivity index (χ2v) is 9.61. The van der Waals surface area contributed by atoms with E-state index in [1.54, 1.807) is 7.11 Å². The maximum atomic E-state index is 13.9. The molecule has 3 heterocycles. The molecule has 9 nitrogen and oxygen atoms in total. The van der Waals surface area contributed by atoms with E-state index in [9.17, 15) is 4.79 Å². The van der Waals surface area contributed by atoms with Gasteiger partial charge in [0.05, 0.1) is 12.1 Å². The summed E-state index contributed by atoms with van der Waals surface area (Å²) in [7, 11) is 1.75. The Kier molecular flexibility index (Phi) is 6.77. The molecule has 0 radical (unpaired) electrons. The number of aromatic nitrogens is 6. The Hall–Kier alpha value is -3.33. The number of ether oxygens (including phenoxy) is 1. The molecule has 1 saturated carbocycles. The van der Waals surface area contributed by atoms with Gasteiger partial charge in [-0.25, -0.2) is 9.89 Å². The minimum absolute atomic E-state index is 0.0518. The van der Waals surface area contributed by atoms with E-state index < -0.39 is 5.41 Å². The van der Waals surface area contributed by atoms with Gasteiger partial charge < -0.3 is 4.74 Å². The van der Waals surface area contributed by atoms with Gasteiger partial charge in [-0.15, -0.1) is 5.10 Å². The second kappa shape index (κ2) is 10.1. The topological polar surface area (TPSA) is 103 Å². The zero-order valence-corrected chi connectivity index (χ0v) is 20.4. The van der Waals surface area contributed by atoms with Gasteiger partial charge in [-0.2, -0.15) is 0 Å². The molecule has 2 aliphatic rings. The van der Waals surface area contributed by atoms with Crippen molar-refractivity contribution < 1.29 is 4.74 Å². The van der Waals surface area contributed by atoms with E-state index in [0.717, 1.165) is 55.3 Å². The first-order valence-corrected chi connectivity index (χ1v) is 12.5. The minimum atomic E-state index is -0.404. The van der Waals surface area contributed by atoms with Crippen molar-refractivity contribution in [2.45, 2.75) is 76.0 Å². The number of nitrogens with zero attached hydrogens (tertiary/aromatic N) is 6. The molecule has 35 heavy (non-hydrogen) atoms. The number of aryl methyl sites for hydroxylation is 1. The summed E-state index contributed by atoms with van der Waals surface area (Å²) in [6.07, 6.45) is 14.8. The highest BCUT2D eigenvalue weighted by Crippen LogP contribution is 2.36. The Labute approximate surface area is 204 Å². The summed E-state index contributed by atoms with van der Waals surface area (Å²) in [6, 6.07) is 8.32. The maximum absolute atomic E-state index is 13.9. The Balaban J connectivity index is 1.57. The zero-order valence-electron chi connectivity index (χ0n) is 20.4. The summed E-state index contributed by atoms with van der Waals surface area (Å²) in [5, 5.41) is 14.4. The minimum Gasteiger partial charge on any atom is -0.379 e. The van der Waals surface area contributed by atoms with Crippen LogP contribution in [0, 0.1) is 0 Å². The first kappa shape index (κ1) is 23.4. The number of benzene rings is 1. The SMILES string of the molecule is CCCCc1cn(C2CCCC2OC)c(=O)n1CC1(c2cccc(-c3nnn[nH]3)c2)C=CN=CC1. The number of H-pyrrole nitrogens is 1. The van der Waals surface area contributed by atoms with Crippen molar-refractivity contribution >= 4 is 6.21 Å². The van der Waals surface area contributed by atoms with Gasteiger partial charge >= 0.3 is 5.69 Å². The fraction of sp³-hybridized carbons (Fsp3) is 0.500. The van der Waals surface area contributed by atoms with E-state index in [4.69, 9.17) is 4.74 Å². The number of imidazole rings is 1. The van der Waals surface area contributed by atoms with Crippen molar-refractivity contribution in [3.05, 3.63) is 64.5 Å². The van der Waals surface area contributed by atoms with Crippen LogP contribution in [0.3, 0.4) is 0 Å². The van der Waals surface area contributed by atoms with Gasteiger partial charge in [-0.3, -0.25) is 14.1 Å². The fourth-order valence-electron chi connectivity index (χ4n) is 5.50. The van der Waals surface area contributed by atoms with Gasteiger partial charge in [0.1, 0.15) is 0 Å². The molecule has 1 N–H and O–H groups in total. The van der Waals surface area contributed by atoms with Gasteiger partial charge in [0.15, 0.2) is 5.82 Å². The predicted octanol–water partition coefficient (Wildman–Crippen LogP) is 3.84. The van der Waals surface area contributed by atoms with E-state index in [0.29, 0.717) is 18.8 Å². The summed E-state index contributed by atoms with van der Waals surface area (Å²) in [4.78, 5) is 18.2. The third kappa shape index (κ3) is 4.52. The third-order valence-electron chi connectivity index (χ3n) is 7.49. The predicted molar refractivity (Wildman–Crippen MR) is 135 cm³/mol. The molecule has 0 spiro atoms. The molecular weight excluding hydrogens is 442 g/mol. The monoisotopic (exact) mass is 475 g/mol. The molecule has 0 bridgehead atoms. The van der Waals surface area contributed by atoms with Crippen molar-refractivity contribution in [1.82, 2.24) is 29.8 Å². The first-order valence-electron chi connectivity index (χ1n) is 12.5. The first-order chi connectivity index (χ1) is 17.1. The number of tetrazole rings is 1. The number of methoxy groups -OCH3 is 1. The Morgan fingerprint density at radius 1 is 1.29 bits per heavy atom. The molecular formula is C26H33N7O2. The molecule has 9 heteroatoms. The molecule has 3 atom stereocenters. The Morgan fingerprint density at radius 2 is 2.20 bits per heavy atom. The fourth-order valence-corrected chi connectivity index (χ4v) is 5.50. The van der Waals surface area contributed by atoms with E-state index in [-0.39, 0.29) is 17.8 Å². The van der Waals surface area contributed by atoms with Crippen LogP contribution < -0.4 is 5.69 Å². The molecule has 1 fully saturated rings. The van der Waals surface area contributed by atoms with E-state index >= 15 is 0 Å².